The Hall–Kier alpha value is -2.66. The van der Waals surface area contributed by atoms with E-state index in [1.165, 1.54) is 22.5 Å². The van der Waals surface area contributed by atoms with Crippen LogP contribution in [-0.4, -0.2) is 17.4 Å². The first-order valence-electron chi connectivity index (χ1n) is 8.70. The van der Waals surface area contributed by atoms with Crippen molar-refractivity contribution in [3.8, 4) is 5.75 Å². The number of para-hydroxylation sites is 1. The molecular formula is C21H20N2O2S. The number of fused-ring (bicyclic) bond motifs is 1. The van der Waals surface area contributed by atoms with E-state index in [0.29, 0.717) is 13.0 Å². The van der Waals surface area contributed by atoms with Crippen LogP contribution >= 0.6 is 11.3 Å². The van der Waals surface area contributed by atoms with Crippen LogP contribution in [0.2, 0.25) is 0 Å². The fourth-order valence-corrected chi connectivity index (χ4v) is 3.86. The summed E-state index contributed by atoms with van der Waals surface area (Å²) in [6, 6.07) is 16.0. The molecule has 2 aromatic carbocycles. The summed E-state index contributed by atoms with van der Waals surface area (Å²) in [4.78, 5) is 19.2. The first kappa shape index (κ1) is 16.8. The van der Waals surface area contributed by atoms with Gasteiger partial charge in [-0.25, -0.2) is 4.98 Å². The zero-order chi connectivity index (χ0) is 17.9. The van der Waals surface area contributed by atoms with Crippen molar-refractivity contribution in [2.45, 2.75) is 26.4 Å². The maximum absolute atomic E-state index is 12.7. The number of ether oxygens (including phenoxy) is 1. The second-order valence-electron chi connectivity index (χ2n) is 6.44. The molecule has 1 aromatic heterocycles. The van der Waals surface area contributed by atoms with E-state index in [9.17, 15) is 4.79 Å². The van der Waals surface area contributed by atoms with Crippen molar-refractivity contribution in [3.05, 3.63) is 75.7 Å². The molecular weight excluding hydrogens is 344 g/mol. The van der Waals surface area contributed by atoms with Gasteiger partial charge in [0.2, 0.25) is 5.91 Å². The van der Waals surface area contributed by atoms with Crippen molar-refractivity contribution in [1.82, 2.24) is 4.98 Å². The Morgan fingerprint density at radius 2 is 2.08 bits per heavy atom. The first-order chi connectivity index (χ1) is 12.7. The number of benzene rings is 2. The lowest BCUT2D eigenvalue weighted by atomic mass is 10.1. The molecule has 0 saturated heterocycles. The third-order valence-corrected chi connectivity index (χ3v) is 5.35. The average Bonchev–Trinajstić information content (AvgIpc) is 3.27. The van der Waals surface area contributed by atoms with Crippen LogP contribution in [0.3, 0.4) is 0 Å². The van der Waals surface area contributed by atoms with E-state index in [1.807, 2.05) is 40.6 Å². The third-order valence-electron chi connectivity index (χ3n) is 4.47. The molecule has 0 saturated carbocycles. The lowest BCUT2D eigenvalue weighted by molar-refractivity contribution is -0.117. The van der Waals surface area contributed by atoms with E-state index in [4.69, 9.17) is 4.74 Å². The van der Waals surface area contributed by atoms with Gasteiger partial charge in [-0.05, 0) is 42.7 Å². The number of thiazole rings is 1. The van der Waals surface area contributed by atoms with Gasteiger partial charge in [0, 0.05) is 17.6 Å². The molecule has 0 bridgehead atoms. The summed E-state index contributed by atoms with van der Waals surface area (Å²) in [6.07, 6.45) is 1.25. The van der Waals surface area contributed by atoms with Crippen LogP contribution in [-0.2, 0) is 24.2 Å². The minimum absolute atomic E-state index is 0.107. The maximum Gasteiger partial charge on any atom is 0.233 e. The van der Waals surface area contributed by atoms with Crippen LogP contribution in [0.4, 0.5) is 5.69 Å². The highest BCUT2D eigenvalue weighted by Gasteiger charge is 2.25. The lowest BCUT2D eigenvalue weighted by Crippen LogP contribution is -2.30. The molecule has 5 heteroatoms. The molecule has 0 N–H and O–H groups in total. The number of anilines is 1. The molecule has 3 aromatic rings. The largest absolute Gasteiger partial charge is 0.486 e. The summed E-state index contributed by atoms with van der Waals surface area (Å²) < 4.78 is 5.72. The van der Waals surface area contributed by atoms with Gasteiger partial charge in [0.15, 0.2) is 0 Å². The van der Waals surface area contributed by atoms with Crippen molar-refractivity contribution >= 4 is 22.9 Å². The average molecular weight is 364 g/mol. The molecule has 132 valence electrons. The smallest absolute Gasteiger partial charge is 0.233 e. The molecule has 4 nitrogen and oxygen atoms in total. The standard InChI is InChI=1S/C21H20N2O2S/c1-15-7-8-16-9-10-23(19(16)11-15)21(24)12-17-14-26-20(22-17)13-25-18-5-3-2-4-6-18/h2-8,11,14H,9-10,12-13H2,1H3. The van der Waals surface area contributed by atoms with Crippen LogP contribution in [0.25, 0.3) is 0 Å². The van der Waals surface area contributed by atoms with Gasteiger partial charge in [0.05, 0.1) is 12.1 Å². The normalized spacial score (nSPS) is 12.9. The number of carbonyl (C=O) groups is 1. The predicted octanol–water partition coefficient (Wildman–Crippen LogP) is 4.16. The SMILES string of the molecule is Cc1ccc2c(c1)N(C(=O)Cc1csc(COc3ccccc3)n1)CC2. The van der Waals surface area contributed by atoms with Gasteiger partial charge >= 0.3 is 0 Å². The Kier molecular flexibility index (Phi) is 4.71. The van der Waals surface area contributed by atoms with Gasteiger partial charge in [0.25, 0.3) is 0 Å². The molecule has 4 rings (SSSR count). The van der Waals surface area contributed by atoms with Gasteiger partial charge < -0.3 is 9.64 Å². The van der Waals surface area contributed by atoms with Crippen LogP contribution in [0.5, 0.6) is 5.75 Å². The summed E-state index contributed by atoms with van der Waals surface area (Å²) in [7, 11) is 0. The van der Waals surface area contributed by atoms with E-state index in [1.54, 1.807) is 0 Å². The van der Waals surface area contributed by atoms with Crippen LogP contribution < -0.4 is 9.64 Å². The van der Waals surface area contributed by atoms with E-state index in [2.05, 4.69) is 30.1 Å². The van der Waals surface area contributed by atoms with Gasteiger partial charge in [-0.2, -0.15) is 0 Å². The number of aryl methyl sites for hydroxylation is 1. The fraction of sp³-hybridized carbons (Fsp3) is 0.238. The van der Waals surface area contributed by atoms with Crippen molar-refractivity contribution in [2.75, 3.05) is 11.4 Å². The number of hydrogen-bond acceptors (Lipinski definition) is 4. The fourth-order valence-electron chi connectivity index (χ4n) is 3.16. The summed E-state index contributed by atoms with van der Waals surface area (Å²) in [5.41, 5.74) is 4.29. The molecule has 1 aliphatic heterocycles. The molecule has 0 radical (unpaired) electrons. The second kappa shape index (κ2) is 7.30. The molecule has 26 heavy (non-hydrogen) atoms. The number of hydrogen-bond donors (Lipinski definition) is 0. The van der Waals surface area contributed by atoms with E-state index in [-0.39, 0.29) is 5.91 Å². The Morgan fingerprint density at radius 3 is 2.92 bits per heavy atom. The number of carbonyl (C=O) groups excluding carboxylic acids is 1. The molecule has 0 atom stereocenters. The second-order valence-corrected chi connectivity index (χ2v) is 7.38. The molecule has 0 aliphatic carbocycles. The molecule has 1 amide bonds. The third kappa shape index (κ3) is 3.63. The highest BCUT2D eigenvalue weighted by Crippen LogP contribution is 2.29. The molecule has 2 heterocycles. The Morgan fingerprint density at radius 1 is 1.23 bits per heavy atom. The van der Waals surface area contributed by atoms with Crippen molar-refractivity contribution < 1.29 is 9.53 Å². The topological polar surface area (TPSA) is 42.4 Å². The van der Waals surface area contributed by atoms with Gasteiger partial charge in [-0.15, -0.1) is 11.3 Å². The Bertz CT molecular complexity index is 921. The lowest BCUT2D eigenvalue weighted by Gasteiger charge is -2.17. The summed E-state index contributed by atoms with van der Waals surface area (Å²) in [5, 5.41) is 2.84. The molecule has 0 fully saturated rings. The van der Waals surface area contributed by atoms with Gasteiger partial charge in [0.1, 0.15) is 17.4 Å². The molecule has 0 unspecified atom stereocenters. The molecule has 0 spiro atoms. The predicted molar refractivity (Wildman–Crippen MR) is 104 cm³/mol. The number of nitrogens with zero attached hydrogens (tertiary/aromatic N) is 2. The van der Waals surface area contributed by atoms with E-state index < -0.39 is 0 Å². The van der Waals surface area contributed by atoms with Crippen LogP contribution in [0.1, 0.15) is 21.8 Å². The Balaban J connectivity index is 1.39. The van der Waals surface area contributed by atoms with Crippen molar-refractivity contribution in [2.24, 2.45) is 0 Å². The molecule has 1 aliphatic rings. The van der Waals surface area contributed by atoms with Crippen LogP contribution in [0.15, 0.2) is 53.9 Å². The maximum atomic E-state index is 12.7. The zero-order valence-electron chi connectivity index (χ0n) is 14.6. The first-order valence-corrected chi connectivity index (χ1v) is 9.58. The zero-order valence-corrected chi connectivity index (χ0v) is 15.5. The number of rotatable bonds is 5. The quantitative estimate of drug-likeness (QED) is 0.683. The van der Waals surface area contributed by atoms with Crippen LogP contribution in [0, 0.1) is 6.92 Å². The van der Waals surface area contributed by atoms with E-state index >= 15 is 0 Å². The Labute approximate surface area is 157 Å². The summed E-state index contributed by atoms with van der Waals surface area (Å²) in [6.45, 7) is 3.24. The minimum Gasteiger partial charge on any atom is -0.486 e. The summed E-state index contributed by atoms with van der Waals surface area (Å²) >= 11 is 1.53. The monoisotopic (exact) mass is 364 g/mol. The van der Waals surface area contributed by atoms with Gasteiger partial charge in [-0.3, -0.25) is 4.79 Å². The minimum atomic E-state index is 0.107. The van der Waals surface area contributed by atoms with Crippen molar-refractivity contribution in [3.63, 3.8) is 0 Å². The van der Waals surface area contributed by atoms with Gasteiger partial charge in [-0.1, -0.05) is 30.3 Å². The highest BCUT2D eigenvalue weighted by atomic mass is 32.1. The number of amides is 1. The summed E-state index contributed by atoms with van der Waals surface area (Å²) in [5.74, 6) is 0.930. The highest BCUT2D eigenvalue weighted by molar-refractivity contribution is 7.09. The number of aromatic nitrogens is 1. The van der Waals surface area contributed by atoms with Crippen molar-refractivity contribution in [1.29, 1.82) is 0 Å². The van der Waals surface area contributed by atoms with E-state index in [0.717, 1.165) is 35.1 Å².